The van der Waals surface area contributed by atoms with E-state index in [0.717, 1.165) is 0 Å². The summed E-state index contributed by atoms with van der Waals surface area (Å²) in [5.74, 6) is -2.53. The van der Waals surface area contributed by atoms with Gasteiger partial charge in [0.1, 0.15) is 5.75 Å². The lowest BCUT2D eigenvalue weighted by molar-refractivity contribution is -0.143. The number of hydrogen-bond donors (Lipinski definition) is 1. The first kappa shape index (κ1) is 20.3. The first-order chi connectivity index (χ1) is 12.4. The van der Waals surface area contributed by atoms with Crippen molar-refractivity contribution in [2.75, 3.05) is 5.32 Å². The molecule has 0 aliphatic carbocycles. The summed E-state index contributed by atoms with van der Waals surface area (Å²) in [7, 11) is 0. The lowest BCUT2D eigenvalue weighted by Crippen LogP contribution is -2.14. The maximum atomic E-state index is 12.8. The summed E-state index contributed by atoms with van der Waals surface area (Å²) in [4.78, 5) is 23.1. The predicted octanol–water partition coefficient (Wildman–Crippen LogP) is 4.90. The van der Waals surface area contributed by atoms with Crippen molar-refractivity contribution in [1.82, 2.24) is 0 Å². The number of carbonyl (C=O) groups excluding carboxylic acids is 2. The van der Waals surface area contributed by atoms with Crippen LogP contribution < -0.4 is 10.1 Å². The van der Waals surface area contributed by atoms with Crippen molar-refractivity contribution >= 4 is 17.6 Å². The number of amides is 1. The molecule has 0 saturated carbocycles. The molecular weight excluding hydrogens is 380 g/mol. The lowest BCUT2D eigenvalue weighted by atomic mass is 10.1. The highest BCUT2D eigenvalue weighted by Gasteiger charge is 2.37. The van der Waals surface area contributed by atoms with E-state index in [1.165, 1.54) is 31.2 Å². The van der Waals surface area contributed by atoms with Gasteiger partial charge in [-0.2, -0.15) is 26.3 Å². The van der Waals surface area contributed by atoms with Crippen LogP contribution in [0.15, 0.2) is 42.5 Å². The van der Waals surface area contributed by atoms with Gasteiger partial charge in [0.05, 0.1) is 16.7 Å². The van der Waals surface area contributed by atoms with Gasteiger partial charge in [-0.3, -0.25) is 4.79 Å². The fourth-order valence-electron chi connectivity index (χ4n) is 2.08. The minimum absolute atomic E-state index is 0.0747. The summed E-state index contributed by atoms with van der Waals surface area (Å²) < 4.78 is 81.6. The number of ether oxygens (including phenoxy) is 1. The molecule has 2 rings (SSSR count). The molecule has 0 fully saturated rings. The number of benzene rings is 2. The minimum atomic E-state index is -5.06. The Morgan fingerprint density at radius 2 is 1.44 bits per heavy atom. The Hall–Kier alpha value is -3.04. The summed E-state index contributed by atoms with van der Waals surface area (Å²) in [6.07, 6.45) is -10.1. The Labute approximate surface area is 148 Å². The SMILES string of the molecule is CC(=O)Nc1cccc(C(=O)Oc2cc(C(F)(F)F)cc(C(F)(F)F)c2)c1. The van der Waals surface area contributed by atoms with Gasteiger partial charge in [0.25, 0.3) is 0 Å². The summed E-state index contributed by atoms with van der Waals surface area (Å²) in [5.41, 5.74) is -3.18. The van der Waals surface area contributed by atoms with Gasteiger partial charge in [0.2, 0.25) is 5.91 Å². The maximum Gasteiger partial charge on any atom is 0.416 e. The molecule has 0 unspecified atom stereocenters. The molecule has 0 atom stereocenters. The molecule has 1 N–H and O–H groups in total. The van der Waals surface area contributed by atoms with Crippen LogP contribution in [0.5, 0.6) is 5.75 Å². The van der Waals surface area contributed by atoms with Gasteiger partial charge < -0.3 is 10.1 Å². The molecule has 2 aromatic rings. The second kappa shape index (κ2) is 7.29. The van der Waals surface area contributed by atoms with Crippen molar-refractivity contribution in [2.45, 2.75) is 19.3 Å². The fraction of sp³-hybridized carbons (Fsp3) is 0.176. The summed E-state index contributed by atoms with van der Waals surface area (Å²) in [6, 6.07) is 5.71. The van der Waals surface area contributed by atoms with E-state index in [-0.39, 0.29) is 17.3 Å². The molecule has 0 aliphatic rings. The molecule has 27 heavy (non-hydrogen) atoms. The monoisotopic (exact) mass is 391 g/mol. The molecule has 0 aromatic heterocycles. The van der Waals surface area contributed by atoms with Crippen molar-refractivity contribution in [3.63, 3.8) is 0 Å². The van der Waals surface area contributed by atoms with E-state index < -0.39 is 41.1 Å². The van der Waals surface area contributed by atoms with Gasteiger partial charge in [0, 0.05) is 12.6 Å². The molecule has 0 bridgehead atoms. The van der Waals surface area contributed by atoms with E-state index in [2.05, 4.69) is 10.1 Å². The van der Waals surface area contributed by atoms with Crippen molar-refractivity contribution in [3.8, 4) is 5.75 Å². The number of halogens is 6. The third-order valence-corrected chi connectivity index (χ3v) is 3.19. The third-order valence-electron chi connectivity index (χ3n) is 3.19. The van der Waals surface area contributed by atoms with Crippen LogP contribution >= 0.6 is 0 Å². The number of alkyl halides is 6. The molecule has 0 spiro atoms. The number of carbonyl (C=O) groups is 2. The van der Waals surface area contributed by atoms with Crippen LogP contribution in [0, 0.1) is 0 Å². The van der Waals surface area contributed by atoms with Crippen LogP contribution in [0.4, 0.5) is 32.0 Å². The number of anilines is 1. The molecule has 4 nitrogen and oxygen atoms in total. The van der Waals surface area contributed by atoms with Gasteiger partial charge in [-0.05, 0) is 36.4 Å². The Morgan fingerprint density at radius 1 is 0.889 bits per heavy atom. The highest BCUT2D eigenvalue weighted by atomic mass is 19.4. The molecule has 2 aromatic carbocycles. The molecule has 0 radical (unpaired) electrons. The standard InChI is InChI=1S/C17H11F6NO3/c1-9(25)24-13-4-2-3-10(5-13)15(26)27-14-7-11(16(18,19)20)6-12(8-14)17(21,22)23/h2-8H,1H3,(H,24,25). The van der Waals surface area contributed by atoms with E-state index in [1.807, 2.05) is 0 Å². The first-order valence-electron chi connectivity index (χ1n) is 7.25. The topological polar surface area (TPSA) is 55.4 Å². The average molecular weight is 391 g/mol. The van der Waals surface area contributed by atoms with Gasteiger partial charge in [-0.15, -0.1) is 0 Å². The van der Waals surface area contributed by atoms with Crippen molar-refractivity contribution in [1.29, 1.82) is 0 Å². The van der Waals surface area contributed by atoms with Crippen LogP contribution in [0.1, 0.15) is 28.4 Å². The van der Waals surface area contributed by atoms with E-state index in [9.17, 15) is 35.9 Å². The zero-order valence-corrected chi connectivity index (χ0v) is 13.5. The Morgan fingerprint density at radius 3 is 1.93 bits per heavy atom. The third kappa shape index (κ3) is 5.47. The van der Waals surface area contributed by atoms with Gasteiger partial charge in [-0.25, -0.2) is 4.79 Å². The van der Waals surface area contributed by atoms with E-state index >= 15 is 0 Å². The normalized spacial score (nSPS) is 11.8. The van der Waals surface area contributed by atoms with Gasteiger partial charge in [0.15, 0.2) is 0 Å². The Balaban J connectivity index is 2.36. The molecular formula is C17H11F6NO3. The number of rotatable bonds is 3. The molecule has 144 valence electrons. The number of hydrogen-bond acceptors (Lipinski definition) is 3. The van der Waals surface area contributed by atoms with Crippen LogP contribution in [0.25, 0.3) is 0 Å². The lowest BCUT2D eigenvalue weighted by Gasteiger charge is -2.14. The zero-order valence-electron chi connectivity index (χ0n) is 13.5. The molecule has 0 aliphatic heterocycles. The van der Waals surface area contributed by atoms with E-state index in [4.69, 9.17) is 0 Å². The minimum Gasteiger partial charge on any atom is -0.423 e. The molecule has 10 heteroatoms. The Kier molecular flexibility index (Phi) is 5.48. The number of nitrogens with one attached hydrogen (secondary N) is 1. The van der Waals surface area contributed by atoms with E-state index in [0.29, 0.717) is 12.1 Å². The maximum absolute atomic E-state index is 12.8. The van der Waals surface area contributed by atoms with Gasteiger partial charge in [-0.1, -0.05) is 6.07 Å². The van der Waals surface area contributed by atoms with Crippen LogP contribution in [-0.2, 0) is 17.1 Å². The van der Waals surface area contributed by atoms with Crippen molar-refractivity contribution in [2.24, 2.45) is 0 Å². The van der Waals surface area contributed by atoms with Gasteiger partial charge >= 0.3 is 18.3 Å². The Bertz CT molecular complexity index is 841. The first-order valence-corrected chi connectivity index (χ1v) is 7.25. The van der Waals surface area contributed by atoms with Crippen LogP contribution in [0.3, 0.4) is 0 Å². The second-order valence-electron chi connectivity index (χ2n) is 5.39. The summed E-state index contributed by atoms with van der Waals surface area (Å²) >= 11 is 0. The molecule has 0 saturated heterocycles. The summed E-state index contributed by atoms with van der Waals surface area (Å²) in [5, 5.41) is 2.38. The smallest absolute Gasteiger partial charge is 0.416 e. The van der Waals surface area contributed by atoms with E-state index in [1.54, 1.807) is 0 Å². The largest absolute Gasteiger partial charge is 0.423 e. The second-order valence-corrected chi connectivity index (χ2v) is 5.39. The highest BCUT2D eigenvalue weighted by molar-refractivity contribution is 5.94. The van der Waals surface area contributed by atoms with Crippen LogP contribution in [0.2, 0.25) is 0 Å². The zero-order chi connectivity index (χ0) is 20.4. The summed E-state index contributed by atoms with van der Waals surface area (Å²) in [6.45, 7) is 1.21. The number of esters is 1. The van der Waals surface area contributed by atoms with Crippen LogP contribution in [-0.4, -0.2) is 11.9 Å². The van der Waals surface area contributed by atoms with Crippen molar-refractivity contribution in [3.05, 3.63) is 59.2 Å². The van der Waals surface area contributed by atoms with Crippen molar-refractivity contribution < 1.29 is 40.7 Å². The molecule has 1 amide bonds. The molecule has 0 heterocycles. The average Bonchev–Trinajstić information content (AvgIpc) is 2.52. The predicted molar refractivity (Wildman–Crippen MR) is 82.2 cm³/mol. The fourth-order valence-corrected chi connectivity index (χ4v) is 2.08. The quantitative estimate of drug-likeness (QED) is 0.460. The highest BCUT2D eigenvalue weighted by Crippen LogP contribution is 2.38.